The topological polar surface area (TPSA) is 58.4 Å². The Labute approximate surface area is 116 Å². The van der Waals surface area contributed by atoms with Gasteiger partial charge in [-0.05, 0) is 50.6 Å². The molecule has 0 aliphatic heterocycles. The van der Waals surface area contributed by atoms with Crippen LogP contribution >= 0.6 is 0 Å². The average Bonchev–Trinajstić information content (AvgIpc) is 2.34. The van der Waals surface area contributed by atoms with Crippen LogP contribution in [0.5, 0.6) is 0 Å². The number of hydrogen-bond donors (Lipinski definition) is 2. The summed E-state index contributed by atoms with van der Waals surface area (Å²) in [6, 6.07) is 5.96. The molecule has 0 aliphatic carbocycles. The van der Waals surface area contributed by atoms with Crippen molar-refractivity contribution >= 4 is 17.3 Å². The summed E-state index contributed by atoms with van der Waals surface area (Å²) in [5, 5.41) is 2.94. The molecule has 0 unspecified atom stereocenters. The molecule has 1 aromatic carbocycles. The van der Waals surface area contributed by atoms with Crippen LogP contribution < -0.4 is 11.1 Å². The van der Waals surface area contributed by atoms with Crippen molar-refractivity contribution in [3.05, 3.63) is 23.8 Å². The van der Waals surface area contributed by atoms with E-state index >= 15 is 0 Å². The van der Waals surface area contributed by atoms with Crippen LogP contribution in [0.2, 0.25) is 0 Å². The van der Waals surface area contributed by atoms with E-state index < -0.39 is 0 Å². The third kappa shape index (κ3) is 4.56. The summed E-state index contributed by atoms with van der Waals surface area (Å²) in [5.41, 5.74) is 8.22. The summed E-state index contributed by atoms with van der Waals surface area (Å²) in [6.45, 7) is 6.64. The minimum atomic E-state index is 0.0160. The summed E-state index contributed by atoms with van der Waals surface area (Å²) in [5.74, 6) is 0.0160. The predicted octanol–water partition coefficient (Wildman–Crippen LogP) is 2.64. The minimum Gasteiger partial charge on any atom is -0.399 e. The summed E-state index contributed by atoms with van der Waals surface area (Å²) in [7, 11) is 1.99. The fraction of sp³-hybridized carbons (Fsp3) is 0.533. The molecule has 19 heavy (non-hydrogen) atoms. The molecular formula is C15H25N3O. The van der Waals surface area contributed by atoms with Crippen LogP contribution in [-0.2, 0) is 4.79 Å². The molecule has 1 rings (SSSR count). The van der Waals surface area contributed by atoms with Gasteiger partial charge in [-0.1, -0.05) is 13.8 Å². The molecule has 0 bridgehead atoms. The first-order valence-electron chi connectivity index (χ1n) is 6.84. The Morgan fingerprint density at radius 2 is 2.00 bits per heavy atom. The van der Waals surface area contributed by atoms with Gasteiger partial charge in [-0.2, -0.15) is 0 Å². The van der Waals surface area contributed by atoms with Crippen LogP contribution in [0.3, 0.4) is 0 Å². The molecule has 0 spiro atoms. The molecule has 3 N–H and O–H groups in total. The molecule has 0 fully saturated rings. The van der Waals surface area contributed by atoms with Crippen LogP contribution in [0.1, 0.15) is 32.3 Å². The molecule has 1 aromatic rings. The first-order chi connectivity index (χ1) is 8.97. The molecule has 1 amide bonds. The first kappa shape index (κ1) is 15.5. The van der Waals surface area contributed by atoms with E-state index in [9.17, 15) is 4.79 Å². The average molecular weight is 263 g/mol. The number of anilines is 2. The van der Waals surface area contributed by atoms with Gasteiger partial charge in [0.05, 0.1) is 6.54 Å². The lowest BCUT2D eigenvalue weighted by Crippen LogP contribution is -2.37. The maximum absolute atomic E-state index is 12.0. The summed E-state index contributed by atoms with van der Waals surface area (Å²) >= 11 is 0. The van der Waals surface area contributed by atoms with E-state index in [0.29, 0.717) is 18.3 Å². The smallest absolute Gasteiger partial charge is 0.238 e. The number of carbonyl (C=O) groups excluding carboxylic acids is 1. The van der Waals surface area contributed by atoms with E-state index in [2.05, 4.69) is 24.1 Å². The molecule has 0 saturated carbocycles. The third-order valence-electron chi connectivity index (χ3n) is 3.48. The molecule has 0 radical (unpaired) electrons. The lowest BCUT2D eigenvalue weighted by Gasteiger charge is -2.25. The Kier molecular flexibility index (Phi) is 5.83. The van der Waals surface area contributed by atoms with E-state index in [0.717, 1.165) is 24.1 Å². The minimum absolute atomic E-state index is 0.0160. The number of aryl methyl sites for hydroxylation is 1. The second-order valence-corrected chi connectivity index (χ2v) is 5.01. The summed E-state index contributed by atoms with van der Waals surface area (Å²) in [6.07, 6.45) is 2.11. The molecule has 4 nitrogen and oxygen atoms in total. The summed E-state index contributed by atoms with van der Waals surface area (Å²) in [4.78, 5) is 14.1. The van der Waals surface area contributed by atoms with Gasteiger partial charge >= 0.3 is 0 Å². The zero-order valence-electron chi connectivity index (χ0n) is 12.4. The fourth-order valence-electron chi connectivity index (χ4n) is 2.28. The van der Waals surface area contributed by atoms with Gasteiger partial charge in [0.2, 0.25) is 5.91 Å². The number of nitrogens with two attached hydrogens (primary N) is 1. The lowest BCUT2D eigenvalue weighted by atomic mass is 10.1. The highest BCUT2D eigenvalue weighted by Gasteiger charge is 2.14. The van der Waals surface area contributed by atoms with Gasteiger partial charge < -0.3 is 11.1 Å². The number of hydrogen-bond acceptors (Lipinski definition) is 3. The van der Waals surface area contributed by atoms with Crippen LogP contribution in [0.25, 0.3) is 0 Å². The largest absolute Gasteiger partial charge is 0.399 e. The molecule has 106 valence electrons. The molecule has 0 aromatic heterocycles. The number of benzene rings is 1. The Morgan fingerprint density at radius 3 is 2.53 bits per heavy atom. The number of rotatable bonds is 6. The monoisotopic (exact) mass is 263 g/mol. The van der Waals surface area contributed by atoms with Crippen LogP contribution in [0.15, 0.2) is 18.2 Å². The van der Waals surface area contributed by atoms with E-state index in [1.807, 2.05) is 26.1 Å². The van der Waals surface area contributed by atoms with Crippen LogP contribution in [-0.4, -0.2) is 30.4 Å². The SMILES string of the molecule is CCC(CC)N(C)CC(=O)Nc1ccc(N)cc1C. The Balaban J connectivity index is 2.60. The highest BCUT2D eigenvalue weighted by Crippen LogP contribution is 2.17. The van der Waals surface area contributed by atoms with Crippen molar-refractivity contribution in [2.45, 2.75) is 39.7 Å². The van der Waals surface area contributed by atoms with Crippen LogP contribution in [0, 0.1) is 6.92 Å². The van der Waals surface area contributed by atoms with Crippen molar-refractivity contribution < 1.29 is 4.79 Å². The normalized spacial score (nSPS) is 11.1. The van der Waals surface area contributed by atoms with E-state index in [1.54, 1.807) is 6.07 Å². The Morgan fingerprint density at radius 1 is 1.37 bits per heavy atom. The van der Waals surface area contributed by atoms with Gasteiger partial charge in [-0.25, -0.2) is 0 Å². The van der Waals surface area contributed by atoms with Gasteiger partial charge in [0.15, 0.2) is 0 Å². The highest BCUT2D eigenvalue weighted by molar-refractivity contribution is 5.93. The number of nitrogen functional groups attached to an aromatic ring is 1. The second-order valence-electron chi connectivity index (χ2n) is 5.01. The van der Waals surface area contributed by atoms with Gasteiger partial charge in [0.25, 0.3) is 0 Å². The zero-order chi connectivity index (χ0) is 14.4. The molecule has 4 heteroatoms. The zero-order valence-corrected chi connectivity index (χ0v) is 12.4. The number of nitrogens with zero attached hydrogens (tertiary/aromatic N) is 1. The number of likely N-dealkylation sites (N-methyl/N-ethyl adjacent to an activating group) is 1. The molecular weight excluding hydrogens is 238 g/mol. The van der Waals surface area contributed by atoms with E-state index in [1.165, 1.54) is 0 Å². The Hall–Kier alpha value is -1.55. The first-order valence-corrected chi connectivity index (χ1v) is 6.84. The van der Waals surface area contributed by atoms with E-state index in [4.69, 9.17) is 5.73 Å². The van der Waals surface area contributed by atoms with Gasteiger partial charge in [0, 0.05) is 17.4 Å². The quantitative estimate of drug-likeness (QED) is 0.776. The third-order valence-corrected chi connectivity index (χ3v) is 3.48. The highest BCUT2D eigenvalue weighted by atomic mass is 16.2. The van der Waals surface area contributed by atoms with Crippen molar-refractivity contribution in [3.8, 4) is 0 Å². The van der Waals surface area contributed by atoms with Crippen molar-refractivity contribution in [1.82, 2.24) is 4.90 Å². The maximum Gasteiger partial charge on any atom is 0.238 e. The van der Waals surface area contributed by atoms with Gasteiger partial charge in [-0.3, -0.25) is 9.69 Å². The maximum atomic E-state index is 12.0. The van der Waals surface area contributed by atoms with Gasteiger partial charge in [0.1, 0.15) is 0 Å². The summed E-state index contributed by atoms with van der Waals surface area (Å²) < 4.78 is 0. The molecule has 0 atom stereocenters. The fourth-order valence-corrected chi connectivity index (χ4v) is 2.28. The standard InChI is InChI=1S/C15H25N3O/c1-5-13(6-2)18(4)10-15(19)17-14-8-7-12(16)9-11(14)3/h7-9,13H,5-6,10,16H2,1-4H3,(H,17,19). The van der Waals surface area contributed by atoms with Crippen molar-refractivity contribution in [3.63, 3.8) is 0 Å². The molecule has 0 saturated heterocycles. The van der Waals surface area contributed by atoms with Gasteiger partial charge in [-0.15, -0.1) is 0 Å². The van der Waals surface area contributed by atoms with Crippen molar-refractivity contribution in [1.29, 1.82) is 0 Å². The second kappa shape index (κ2) is 7.14. The number of carbonyl (C=O) groups is 1. The number of amides is 1. The Bertz CT molecular complexity index is 427. The van der Waals surface area contributed by atoms with Crippen molar-refractivity contribution in [2.75, 3.05) is 24.6 Å². The predicted molar refractivity (Wildman–Crippen MR) is 81.2 cm³/mol. The van der Waals surface area contributed by atoms with Crippen molar-refractivity contribution in [2.24, 2.45) is 0 Å². The van der Waals surface area contributed by atoms with E-state index in [-0.39, 0.29) is 5.91 Å². The molecule has 0 heterocycles. The lowest BCUT2D eigenvalue weighted by molar-refractivity contribution is -0.117. The number of nitrogens with one attached hydrogen (secondary N) is 1. The van der Waals surface area contributed by atoms with Crippen LogP contribution in [0.4, 0.5) is 11.4 Å². The molecule has 0 aliphatic rings.